The number of hydrogen-bond donors (Lipinski definition) is 0. The third kappa shape index (κ3) is 3.68. The zero-order valence-electron chi connectivity index (χ0n) is 16.9. The van der Waals surface area contributed by atoms with Crippen LogP contribution in [-0.2, 0) is 4.74 Å². The second kappa shape index (κ2) is 8.28. The van der Waals surface area contributed by atoms with Crippen LogP contribution in [0.3, 0.4) is 0 Å². The van der Waals surface area contributed by atoms with E-state index in [1.165, 1.54) is 0 Å². The molecule has 0 N–H and O–H groups in total. The Hall–Kier alpha value is -3.19. The minimum absolute atomic E-state index is 0.0974. The first-order valence-electron chi connectivity index (χ1n) is 10.5. The highest BCUT2D eigenvalue weighted by molar-refractivity contribution is 6.07. The molecule has 0 saturated carbocycles. The number of carbonyl (C=O) groups excluding carboxylic acids is 1. The molecule has 1 amide bonds. The van der Waals surface area contributed by atoms with Crippen LogP contribution in [0.25, 0.3) is 10.8 Å². The number of ether oxygens (including phenoxy) is 1. The fraction of sp³-hybridized carbons (Fsp3) is 0.348. The topological polar surface area (TPSA) is 61.8 Å². The maximum absolute atomic E-state index is 13.1. The summed E-state index contributed by atoms with van der Waals surface area (Å²) in [6.45, 7) is 6.02. The number of fused-ring (bicyclic) bond motifs is 1. The predicted molar refractivity (Wildman–Crippen MR) is 117 cm³/mol. The minimum Gasteiger partial charge on any atom is -0.378 e. The van der Waals surface area contributed by atoms with Gasteiger partial charge >= 0.3 is 0 Å². The van der Waals surface area contributed by atoms with Crippen LogP contribution in [0.4, 0.5) is 11.6 Å². The molecule has 30 heavy (non-hydrogen) atoms. The van der Waals surface area contributed by atoms with E-state index in [1.807, 2.05) is 59.5 Å². The second-order valence-corrected chi connectivity index (χ2v) is 7.66. The molecule has 3 heterocycles. The maximum atomic E-state index is 13.1. The average Bonchev–Trinajstić information content (AvgIpc) is 2.84. The molecule has 2 aliphatic heterocycles. The summed E-state index contributed by atoms with van der Waals surface area (Å²) in [4.78, 5) is 19.5. The molecule has 5 rings (SSSR count). The van der Waals surface area contributed by atoms with Crippen LogP contribution in [0, 0.1) is 0 Å². The zero-order valence-corrected chi connectivity index (χ0v) is 16.9. The van der Waals surface area contributed by atoms with Crippen molar-refractivity contribution < 1.29 is 9.53 Å². The Labute approximate surface area is 175 Å². The average molecular weight is 403 g/mol. The molecule has 0 unspecified atom stereocenters. The van der Waals surface area contributed by atoms with Crippen molar-refractivity contribution in [2.75, 3.05) is 62.3 Å². The van der Waals surface area contributed by atoms with E-state index in [-0.39, 0.29) is 5.91 Å². The SMILES string of the molecule is O=C(c1cccc2ccccc12)N1CCN(c2ccc(N3CCOCC3)nn2)CC1. The van der Waals surface area contributed by atoms with Crippen molar-refractivity contribution >= 4 is 28.3 Å². The number of benzene rings is 2. The highest BCUT2D eigenvalue weighted by Crippen LogP contribution is 2.22. The normalized spacial score (nSPS) is 17.4. The molecule has 0 radical (unpaired) electrons. The molecule has 1 aromatic heterocycles. The zero-order chi connectivity index (χ0) is 20.3. The molecule has 154 valence electrons. The van der Waals surface area contributed by atoms with Gasteiger partial charge in [0.15, 0.2) is 11.6 Å². The number of rotatable bonds is 3. The minimum atomic E-state index is 0.0974. The van der Waals surface area contributed by atoms with Gasteiger partial charge < -0.3 is 19.4 Å². The van der Waals surface area contributed by atoms with Crippen molar-refractivity contribution in [2.45, 2.75) is 0 Å². The Morgan fingerprint density at radius 2 is 1.37 bits per heavy atom. The van der Waals surface area contributed by atoms with Gasteiger partial charge in [0.2, 0.25) is 0 Å². The van der Waals surface area contributed by atoms with Crippen molar-refractivity contribution in [3.63, 3.8) is 0 Å². The third-order valence-corrected chi connectivity index (χ3v) is 5.88. The number of piperazine rings is 1. The van der Waals surface area contributed by atoms with Crippen LogP contribution in [0.2, 0.25) is 0 Å². The van der Waals surface area contributed by atoms with Gasteiger partial charge in [-0.2, -0.15) is 0 Å². The lowest BCUT2D eigenvalue weighted by molar-refractivity contribution is 0.0748. The number of anilines is 2. The highest BCUT2D eigenvalue weighted by atomic mass is 16.5. The molecule has 2 aromatic carbocycles. The van der Waals surface area contributed by atoms with E-state index in [0.717, 1.165) is 67.4 Å². The quantitative estimate of drug-likeness (QED) is 0.669. The molecule has 2 aliphatic rings. The fourth-order valence-corrected chi connectivity index (χ4v) is 4.17. The Balaban J connectivity index is 1.24. The molecule has 2 saturated heterocycles. The predicted octanol–water partition coefficient (Wildman–Crippen LogP) is 2.43. The summed E-state index contributed by atoms with van der Waals surface area (Å²) in [5, 5.41) is 11.0. The lowest BCUT2D eigenvalue weighted by atomic mass is 10.0. The van der Waals surface area contributed by atoms with E-state index in [0.29, 0.717) is 13.1 Å². The Morgan fingerprint density at radius 3 is 2.07 bits per heavy atom. The van der Waals surface area contributed by atoms with E-state index in [4.69, 9.17) is 4.74 Å². The Kier molecular flexibility index (Phi) is 5.19. The number of hydrogen-bond acceptors (Lipinski definition) is 6. The van der Waals surface area contributed by atoms with Gasteiger partial charge in [-0.15, -0.1) is 10.2 Å². The summed E-state index contributed by atoms with van der Waals surface area (Å²) in [6, 6.07) is 18.0. The highest BCUT2D eigenvalue weighted by Gasteiger charge is 2.24. The maximum Gasteiger partial charge on any atom is 0.254 e. The molecule has 0 bridgehead atoms. The largest absolute Gasteiger partial charge is 0.378 e. The summed E-state index contributed by atoms with van der Waals surface area (Å²) in [7, 11) is 0. The second-order valence-electron chi connectivity index (χ2n) is 7.66. The first kappa shape index (κ1) is 18.8. The van der Waals surface area contributed by atoms with E-state index in [1.54, 1.807) is 0 Å². The van der Waals surface area contributed by atoms with Crippen molar-refractivity contribution in [1.29, 1.82) is 0 Å². The van der Waals surface area contributed by atoms with Crippen molar-refractivity contribution in [3.05, 3.63) is 60.2 Å². The number of carbonyl (C=O) groups is 1. The molecular weight excluding hydrogens is 378 g/mol. The first-order valence-corrected chi connectivity index (χ1v) is 10.5. The Morgan fingerprint density at radius 1 is 0.733 bits per heavy atom. The van der Waals surface area contributed by atoms with E-state index in [2.05, 4.69) is 20.0 Å². The van der Waals surface area contributed by atoms with Crippen molar-refractivity contribution in [1.82, 2.24) is 15.1 Å². The number of morpholine rings is 1. The smallest absolute Gasteiger partial charge is 0.254 e. The van der Waals surface area contributed by atoms with E-state index in [9.17, 15) is 4.79 Å². The van der Waals surface area contributed by atoms with Crippen molar-refractivity contribution in [3.8, 4) is 0 Å². The monoisotopic (exact) mass is 403 g/mol. The summed E-state index contributed by atoms with van der Waals surface area (Å²) in [5.74, 6) is 1.86. The molecule has 0 atom stereocenters. The molecule has 3 aromatic rings. The van der Waals surface area contributed by atoms with Crippen LogP contribution < -0.4 is 9.80 Å². The first-order chi connectivity index (χ1) is 14.8. The van der Waals surface area contributed by atoms with Crippen LogP contribution in [0.1, 0.15) is 10.4 Å². The van der Waals surface area contributed by atoms with Gasteiger partial charge in [0.05, 0.1) is 13.2 Å². The molecule has 0 aliphatic carbocycles. The van der Waals surface area contributed by atoms with Gasteiger partial charge in [-0.25, -0.2) is 0 Å². The van der Waals surface area contributed by atoms with Gasteiger partial charge in [0, 0.05) is 44.8 Å². The van der Waals surface area contributed by atoms with Crippen LogP contribution >= 0.6 is 0 Å². The third-order valence-electron chi connectivity index (χ3n) is 5.88. The van der Waals surface area contributed by atoms with Gasteiger partial charge in [0.1, 0.15) is 0 Å². The van der Waals surface area contributed by atoms with Gasteiger partial charge in [-0.05, 0) is 29.0 Å². The van der Waals surface area contributed by atoms with Crippen LogP contribution in [-0.4, -0.2) is 73.5 Å². The summed E-state index contributed by atoms with van der Waals surface area (Å²) in [6.07, 6.45) is 0. The Bertz CT molecular complexity index is 1020. The fourth-order valence-electron chi connectivity index (χ4n) is 4.17. The van der Waals surface area contributed by atoms with Gasteiger partial charge in [-0.3, -0.25) is 4.79 Å². The number of nitrogens with zero attached hydrogens (tertiary/aromatic N) is 5. The van der Waals surface area contributed by atoms with Crippen LogP contribution in [0.15, 0.2) is 54.6 Å². The molecule has 7 heteroatoms. The standard InChI is InChI=1S/C23H25N5O2/c29-23(20-7-3-5-18-4-1-2-6-19(18)20)28-12-10-26(11-13-28)21-8-9-22(25-24-21)27-14-16-30-17-15-27/h1-9H,10-17H2. The summed E-state index contributed by atoms with van der Waals surface area (Å²) < 4.78 is 5.39. The van der Waals surface area contributed by atoms with Crippen LogP contribution in [0.5, 0.6) is 0 Å². The van der Waals surface area contributed by atoms with Gasteiger partial charge in [0.25, 0.3) is 5.91 Å². The summed E-state index contributed by atoms with van der Waals surface area (Å²) >= 11 is 0. The van der Waals surface area contributed by atoms with Crippen molar-refractivity contribution in [2.24, 2.45) is 0 Å². The number of amides is 1. The molecule has 7 nitrogen and oxygen atoms in total. The molecule has 0 spiro atoms. The lowest BCUT2D eigenvalue weighted by Gasteiger charge is -2.35. The summed E-state index contributed by atoms with van der Waals surface area (Å²) in [5.41, 5.74) is 0.774. The molecular formula is C23H25N5O2. The van der Waals surface area contributed by atoms with Gasteiger partial charge in [-0.1, -0.05) is 36.4 Å². The van der Waals surface area contributed by atoms with E-state index >= 15 is 0 Å². The van der Waals surface area contributed by atoms with E-state index < -0.39 is 0 Å². The lowest BCUT2D eigenvalue weighted by Crippen LogP contribution is -2.49. The number of aromatic nitrogens is 2. The molecule has 2 fully saturated rings.